The maximum atomic E-state index is 13.1. The molecule has 33 heavy (non-hydrogen) atoms. The largest absolute Gasteiger partial charge is 0.360 e. The quantitative estimate of drug-likeness (QED) is 0.573. The average molecular weight is 478 g/mol. The van der Waals surface area contributed by atoms with Crippen LogP contribution in [-0.4, -0.2) is 47.0 Å². The molecule has 4 rings (SSSR count). The molecular weight excluding hydrogens is 453 g/mol. The van der Waals surface area contributed by atoms with Crippen LogP contribution in [0.1, 0.15) is 43.2 Å². The monoisotopic (exact) mass is 477 g/mol. The Bertz CT molecular complexity index is 1230. The number of rotatable bonds is 6. The first-order valence-corrected chi connectivity index (χ1v) is 11.9. The molecule has 0 spiro atoms. The molecule has 12 heteroatoms. The van der Waals surface area contributed by atoms with Gasteiger partial charge in [0.1, 0.15) is 22.4 Å². The second kappa shape index (κ2) is 9.02. The number of hydrogen-bond donors (Lipinski definition) is 1. The van der Waals surface area contributed by atoms with Crippen LogP contribution >= 0.6 is 0 Å². The van der Waals surface area contributed by atoms with Gasteiger partial charge in [0.2, 0.25) is 27.6 Å². The van der Waals surface area contributed by atoms with E-state index in [0.29, 0.717) is 29.9 Å². The number of sulfonamides is 1. The molecule has 1 atom stereocenters. The molecular formula is C21H24FN5O5S. The number of piperidine rings is 1. The fourth-order valence-corrected chi connectivity index (χ4v) is 5.61. The van der Waals surface area contributed by atoms with E-state index in [9.17, 15) is 17.6 Å². The van der Waals surface area contributed by atoms with Crippen molar-refractivity contribution in [1.82, 2.24) is 24.9 Å². The highest BCUT2D eigenvalue weighted by Crippen LogP contribution is 2.28. The lowest BCUT2D eigenvalue weighted by molar-refractivity contribution is -0.127. The lowest BCUT2D eigenvalue weighted by atomic mass is 9.97. The number of carbonyl (C=O) groups is 1. The molecule has 0 aliphatic carbocycles. The standard InChI is InChI=1S/C21H24FN5O5S/c1-12-18(14(3)31-25-12)33(29,30)27-10-8-16(9-11-27)20(28)23-13(2)21-24-19(26-32-21)15-4-6-17(22)7-5-15/h4-7,13,16H,8-11H2,1-3H3,(H,23,28). The van der Waals surface area contributed by atoms with Gasteiger partial charge in [0, 0.05) is 24.6 Å². The Balaban J connectivity index is 1.35. The molecule has 10 nitrogen and oxygen atoms in total. The van der Waals surface area contributed by atoms with E-state index in [-0.39, 0.29) is 47.3 Å². The Kier molecular flexibility index (Phi) is 6.30. The van der Waals surface area contributed by atoms with Crippen molar-refractivity contribution in [2.45, 2.75) is 44.6 Å². The predicted molar refractivity (Wildman–Crippen MR) is 114 cm³/mol. The molecule has 1 saturated heterocycles. The minimum Gasteiger partial charge on any atom is -0.360 e. The van der Waals surface area contributed by atoms with Gasteiger partial charge in [-0.2, -0.15) is 9.29 Å². The number of aryl methyl sites for hydroxylation is 2. The van der Waals surface area contributed by atoms with E-state index in [4.69, 9.17) is 9.05 Å². The Morgan fingerprint density at radius 2 is 1.82 bits per heavy atom. The van der Waals surface area contributed by atoms with E-state index < -0.39 is 16.1 Å². The van der Waals surface area contributed by atoms with E-state index in [1.54, 1.807) is 20.8 Å². The molecule has 1 unspecified atom stereocenters. The lowest BCUT2D eigenvalue weighted by Crippen LogP contribution is -2.43. The molecule has 0 bridgehead atoms. The Labute approximate surface area is 190 Å². The van der Waals surface area contributed by atoms with Gasteiger partial charge in [-0.3, -0.25) is 4.79 Å². The van der Waals surface area contributed by atoms with Crippen molar-refractivity contribution < 1.29 is 26.6 Å². The number of hydrogen-bond acceptors (Lipinski definition) is 8. The topological polar surface area (TPSA) is 131 Å². The second-order valence-corrected chi connectivity index (χ2v) is 9.90. The van der Waals surface area contributed by atoms with Crippen LogP contribution in [0.15, 0.2) is 38.2 Å². The summed E-state index contributed by atoms with van der Waals surface area (Å²) >= 11 is 0. The number of nitrogens with one attached hydrogen (secondary N) is 1. The van der Waals surface area contributed by atoms with E-state index in [2.05, 4.69) is 20.6 Å². The van der Waals surface area contributed by atoms with Crippen LogP contribution in [-0.2, 0) is 14.8 Å². The summed E-state index contributed by atoms with van der Waals surface area (Å²) in [6.45, 7) is 5.30. The molecule has 176 valence electrons. The average Bonchev–Trinajstić information content (AvgIpc) is 3.41. The molecule has 1 N–H and O–H groups in total. The molecule has 3 heterocycles. The summed E-state index contributed by atoms with van der Waals surface area (Å²) in [5.41, 5.74) is 0.914. The van der Waals surface area contributed by atoms with Gasteiger partial charge in [-0.15, -0.1) is 0 Å². The summed E-state index contributed by atoms with van der Waals surface area (Å²) in [7, 11) is -3.73. The third kappa shape index (κ3) is 4.67. The predicted octanol–water partition coefficient (Wildman–Crippen LogP) is 2.76. The SMILES string of the molecule is Cc1noc(C)c1S(=O)(=O)N1CCC(C(=O)NC(C)c2nc(-c3ccc(F)cc3)no2)CC1. The van der Waals surface area contributed by atoms with Crippen molar-refractivity contribution in [2.75, 3.05) is 13.1 Å². The maximum absolute atomic E-state index is 13.1. The van der Waals surface area contributed by atoms with Gasteiger partial charge >= 0.3 is 0 Å². The smallest absolute Gasteiger partial charge is 0.249 e. The third-order valence-electron chi connectivity index (χ3n) is 5.66. The first kappa shape index (κ1) is 23.1. The summed E-state index contributed by atoms with van der Waals surface area (Å²) < 4.78 is 50.6. The van der Waals surface area contributed by atoms with Gasteiger partial charge in [0.15, 0.2) is 5.76 Å². The summed E-state index contributed by atoms with van der Waals surface area (Å²) in [4.78, 5) is 17.1. The van der Waals surface area contributed by atoms with E-state index in [1.165, 1.54) is 28.6 Å². The van der Waals surface area contributed by atoms with Gasteiger partial charge in [-0.05, 0) is 57.9 Å². The van der Waals surface area contributed by atoms with Crippen molar-refractivity contribution in [3.05, 3.63) is 47.4 Å². The Morgan fingerprint density at radius 3 is 2.42 bits per heavy atom. The van der Waals surface area contributed by atoms with Gasteiger partial charge < -0.3 is 14.4 Å². The number of benzene rings is 1. The third-order valence-corrected chi connectivity index (χ3v) is 7.81. The first-order valence-electron chi connectivity index (χ1n) is 10.5. The Morgan fingerprint density at radius 1 is 1.15 bits per heavy atom. The zero-order valence-electron chi connectivity index (χ0n) is 18.4. The molecule has 3 aromatic rings. The van der Waals surface area contributed by atoms with Crippen molar-refractivity contribution in [2.24, 2.45) is 5.92 Å². The maximum Gasteiger partial charge on any atom is 0.249 e. The highest BCUT2D eigenvalue weighted by molar-refractivity contribution is 7.89. The fourth-order valence-electron chi connectivity index (χ4n) is 3.85. The van der Waals surface area contributed by atoms with Crippen LogP contribution in [0.2, 0.25) is 0 Å². The number of amides is 1. The van der Waals surface area contributed by atoms with Crippen molar-refractivity contribution >= 4 is 15.9 Å². The normalized spacial score (nSPS) is 16.6. The van der Waals surface area contributed by atoms with Crippen LogP contribution in [0.3, 0.4) is 0 Å². The lowest BCUT2D eigenvalue weighted by Gasteiger charge is -2.30. The van der Waals surface area contributed by atoms with Crippen molar-refractivity contribution in [3.8, 4) is 11.4 Å². The number of nitrogens with zero attached hydrogens (tertiary/aromatic N) is 4. The molecule has 1 fully saturated rings. The minimum atomic E-state index is -3.73. The van der Waals surface area contributed by atoms with Crippen LogP contribution in [0.5, 0.6) is 0 Å². The molecule has 1 aromatic carbocycles. The van der Waals surface area contributed by atoms with Crippen LogP contribution in [0, 0.1) is 25.6 Å². The van der Waals surface area contributed by atoms with Crippen molar-refractivity contribution in [3.63, 3.8) is 0 Å². The fraction of sp³-hybridized carbons (Fsp3) is 0.429. The highest BCUT2D eigenvalue weighted by Gasteiger charge is 2.36. The summed E-state index contributed by atoms with van der Waals surface area (Å²) in [6.07, 6.45) is 0.762. The second-order valence-electron chi connectivity index (χ2n) is 8.03. The summed E-state index contributed by atoms with van der Waals surface area (Å²) in [6, 6.07) is 5.14. The number of aromatic nitrogens is 3. The summed E-state index contributed by atoms with van der Waals surface area (Å²) in [5, 5.41) is 10.5. The highest BCUT2D eigenvalue weighted by atomic mass is 32.2. The Hall–Kier alpha value is -3.12. The zero-order valence-corrected chi connectivity index (χ0v) is 19.2. The van der Waals surface area contributed by atoms with Crippen LogP contribution in [0.25, 0.3) is 11.4 Å². The number of halogens is 1. The molecule has 0 saturated carbocycles. The van der Waals surface area contributed by atoms with Crippen LogP contribution < -0.4 is 5.32 Å². The van der Waals surface area contributed by atoms with Gasteiger partial charge in [0.25, 0.3) is 0 Å². The zero-order chi connectivity index (χ0) is 23.8. The van der Waals surface area contributed by atoms with E-state index in [1.807, 2.05) is 0 Å². The molecule has 2 aromatic heterocycles. The summed E-state index contributed by atoms with van der Waals surface area (Å²) in [5.74, 6) is -0.152. The van der Waals surface area contributed by atoms with Gasteiger partial charge in [-0.1, -0.05) is 10.3 Å². The van der Waals surface area contributed by atoms with Gasteiger partial charge in [0.05, 0.1) is 0 Å². The molecule has 0 radical (unpaired) electrons. The molecule has 1 aliphatic heterocycles. The van der Waals surface area contributed by atoms with E-state index in [0.717, 1.165) is 0 Å². The molecule has 1 amide bonds. The van der Waals surface area contributed by atoms with E-state index >= 15 is 0 Å². The first-order chi connectivity index (χ1) is 15.7. The van der Waals surface area contributed by atoms with Crippen molar-refractivity contribution in [1.29, 1.82) is 0 Å². The number of carbonyl (C=O) groups excluding carboxylic acids is 1. The minimum absolute atomic E-state index is 0.0902. The molecule has 1 aliphatic rings. The van der Waals surface area contributed by atoms with Crippen LogP contribution in [0.4, 0.5) is 4.39 Å². The van der Waals surface area contributed by atoms with Gasteiger partial charge in [-0.25, -0.2) is 12.8 Å².